The third kappa shape index (κ3) is 1.95. The Kier molecular flexibility index (Phi) is 2.93. The standard InChI is InChI=1S/C13H14N2O2S/c1-17-11-6-8(2-3-10(11)16)13-15-9-4-5-14-7-12(9)18-13/h2-3,6,14,16H,4-5,7H2,1H3. The molecule has 18 heavy (non-hydrogen) atoms. The molecule has 0 unspecified atom stereocenters. The molecule has 5 heteroatoms. The van der Waals surface area contributed by atoms with Gasteiger partial charge in [-0.1, -0.05) is 0 Å². The van der Waals surface area contributed by atoms with Gasteiger partial charge in [0.15, 0.2) is 11.5 Å². The molecule has 0 bridgehead atoms. The summed E-state index contributed by atoms with van der Waals surface area (Å²) in [5, 5.41) is 13.9. The molecule has 0 atom stereocenters. The van der Waals surface area contributed by atoms with Gasteiger partial charge in [-0.15, -0.1) is 11.3 Å². The van der Waals surface area contributed by atoms with Crippen molar-refractivity contribution < 1.29 is 9.84 Å². The van der Waals surface area contributed by atoms with Gasteiger partial charge in [-0.2, -0.15) is 0 Å². The number of hydrogen-bond acceptors (Lipinski definition) is 5. The third-order valence-corrected chi connectivity index (χ3v) is 4.18. The molecule has 94 valence electrons. The van der Waals surface area contributed by atoms with Gasteiger partial charge in [-0.3, -0.25) is 0 Å². The number of nitrogens with one attached hydrogen (secondary N) is 1. The van der Waals surface area contributed by atoms with Crippen LogP contribution in [0.2, 0.25) is 0 Å². The molecule has 4 nitrogen and oxygen atoms in total. The average Bonchev–Trinajstić information content (AvgIpc) is 2.83. The Bertz CT molecular complexity index is 557. The predicted molar refractivity (Wildman–Crippen MR) is 71.2 cm³/mol. The van der Waals surface area contributed by atoms with Gasteiger partial charge in [0, 0.05) is 30.0 Å². The number of methoxy groups -OCH3 is 1. The Morgan fingerprint density at radius 2 is 2.33 bits per heavy atom. The highest BCUT2D eigenvalue weighted by molar-refractivity contribution is 7.15. The highest BCUT2D eigenvalue weighted by Gasteiger charge is 2.16. The summed E-state index contributed by atoms with van der Waals surface area (Å²) < 4.78 is 5.12. The molecule has 0 aliphatic carbocycles. The van der Waals surface area contributed by atoms with E-state index in [1.165, 1.54) is 10.6 Å². The van der Waals surface area contributed by atoms with Crippen LogP contribution in [-0.4, -0.2) is 23.7 Å². The molecular formula is C13H14N2O2S. The fraction of sp³-hybridized carbons (Fsp3) is 0.308. The molecule has 2 aromatic rings. The van der Waals surface area contributed by atoms with Crippen molar-refractivity contribution >= 4 is 11.3 Å². The molecule has 0 spiro atoms. The molecule has 1 aliphatic heterocycles. The smallest absolute Gasteiger partial charge is 0.161 e. The Labute approximate surface area is 109 Å². The summed E-state index contributed by atoms with van der Waals surface area (Å²) in [7, 11) is 1.55. The third-order valence-electron chi connectivity index (χ3n) is 3.03. The highest BCUT2D eigenvalue weighted by Crippen LogP contribution is 2.35. The van der Waals surface area contributed by atoms with Crippen LogP contribution in [0.15, 0.2) is 18.2 Å². The van der Waals surface area contributed by atoms with Crippen molar-refractivity contribution in [2.75, 3.05) is 13.7 Å². The Balaban J connectivity index is 2.01. The highest BCUT2D eigenvalue weighted by atomic mass is 32.1. The maximum atomic E-state index is 9.59. The molecule has 0 saturated heterocycles. The van der Waals surface area contributed by atoms with Crippen molar-refractivity contribution in [3.63, 3.8) is 0 Å². The van der Waals surface area contributed by atoms with Crippen molar-refractivity contribution in [2.45, 2.75) is 13.0 Å². The number of ether oxygens (including phenoxy) is 1. The summed E-state index contributed by atoms with van der Waals surface area (Å²) in [4.78, 5) is 5.98. The fourth-order valence-electron chi connectivity index (χ4n) is 2.06. The van der Waals surface area contributed by atoms with Crippen LogP contribution >= 0.6 is 11.3 Å². The quantitative estimate of drug-likeness (QED) is 0.871. The minimum Gasteiger partial charge on any atom is -0.504 e. The Morgan fingerprint density at radius 1 is 1.44 bits per heavy atom. The van der Waals surface area contributed by atoms with Gasteiger partial charge in [0.1, 0.15) is 5.01 Å². The van der Waals surface area contributed by atoms with Crippen molar-refractivity contribution in [3.05, 3.63) is 28.8 Å². The Hall–Kier alpha value is -1.59. The number of fused-ring (bicyclic) bond motifs is 1. The van der Waals surface area contributed by atoms with Crippen LogP contribution in [0, 0.1) is 0 Å². The number of nitrogens with zero attached hydrogens (tertiary/aromatic N) is 1. The van der Waals surface area contributed by atoms with E-state index in [1.54, 1.807) is 24.5 Å². The van der Waals surface area contributed by atoms with E-state index in [4.69, 9.17) is 4.74 Å². The SMILES string of the molecule is COc1cc(-c2nc3c(s2)CNCC3)ccc1O. The van der Waals surface area contributed by atoms with Crippen molar-refractivity contribution in [3.8, 4) is 22.1 Å². The van der Waals surface area contributed by atoms with Gasteiger partial charge in [-0.05, 0) is 18.2 Å². The summed E-state index contributed by atoms with van der Waals surface area (Å²) in [5.74, 6) is 0.642. The van der Waals surface area contributed by atoms with E-state index < -0.39 is 0 Å². The molecule has 0 radical (unpaired) electrons. The number of aromatic hydroxyl groups is 1. The number of phenolic OH excluding ortho intramolecular Hbond substituents is 1. The lowest BCUT2D eigenvalue weighted by molar-refractivity contribution is 0.373. The summed E-state index contributed by atoms with van der Waals surface area (Å²) >= 11 is 1.70. The van der Waals surface area contributed by atoms with E-state index >= 15 is 0 Å². The molecule has 1 aromatic carbocycles. The second-order valence-electron chi connectivity index (χ2n) is 4.20. The minimum atomic E-state index is 0.157. The number of aromatic nitrogens is 1. The number of hydrogen-bond donors (Lipinski definition) is 2. The lowest BCUT2D eigenvalue weighted by Crippen LogP contribution is -2.22. The average molecular weight is 262 g/mol. The summed E-state index contributed by atoms with van der Waals surface area (Å²) in [6.07, 6.45) is 0.987. The van der Waals surface area contributed by atoms with Gasteiger partial charge in [0.2, 0.25) is 0 Å². The second-order valence-corrected chi connectivity index (χ2v) is 5.29. The maximum absolute atomic E-state index is 9.59. The molecule has 0 fully saturated rings. The number of thiazole rings is 1. The maximum Gasteiger partial charge on any atom is 0.161 e. The normalized spacial score (nSPS) is 14.3. The van der Waals surface area contributed by atoms with E-state index in [2.05, 4.69) is 10.3 Å². The van der Waals surface area contributed by atoms with Crippen LogP contribution in [0.1, 0.15) is 10.6 Å². The fourth-order valence-corrected chi connectivity index (χ4v) is 3.13. The molecule has 1 aromatic heterocycles. The second kappa shape index (κ2) is 4.59. The van der Waals surface area contributed by atoms with E-state index in [0.717, 1.165) is 30.1 Å². The first-order valence-electron chi connectivity index (χ1n) is 5.84. The first kappa shape index (κ1) is 11.5. The molecule has 0 saturated carbocycles. The van der Waals surface area contributed by atoms with Crippen LogP contribution in [0.5, 0.6) is 11.5 Å². The largest absolute Gasteiger partial charge is 0.504 e. The molecule has 3 rings (SSSR count). The monoisotopic (exact) mass is 262 g/mol. The van der Waals surface area contributed by atoms with Gasteiger partial charge in [-0.25, -0.2) is 4.98 Å². The lowest BCUT2D eigenvalue weighted by Gasteiger charge is -2.09. The van der Waals surface area contributed by atoms with Crippen LogP contribution in [0.4, 0.5) is 0 Å². The summed E-state index contributed by atoms with van der Waals surface area (Å²) in [5.41, 5.74) is 2.19. The first-order valence-corrected chi connectivity index (χ1v) is 6.66. The van der Waals surface area contributed by atoms with Crippen molar-refractivity contribution in [2.24, 2.45) is 0 Å². The number of phenols is 1. The number of rotatable bonds is 2. The molecular weight excluding hydrogens is 248 g/mol. The van der Waals surface area contributed by atoms with Crippen LogP contribution in [0.25, 0.3) is 10.6 Å². The lowest BCUT2D eigenvalue weighted by atomic mass is 10.2. The zero-order valence-electron chi connectivity index (χ0n) is 10.1. The van der Waals surface area contributed by atoms with Gasteiger partial charge >= 0.3 is 0 Å². The van der Waals surface area contributed by atoms with Crippen LogP contribution < -0.4 is 10.1 Å². The molecule has 2 heterocycles. The van der Waals surface area contributed by atoms with Gasteiger partial charge in [0.05, 0.1) is 12.8 Å². The summed E-state index contributed by atoms with van der Waals surface area (Å²) in [6, 6.07) is 5.34. The summed E-state index contributed by atoms with van der Waals surface area (Å²) in [6.45, 7) is 1.90. The molecule has 1 aliphatic rings. The van der Waals surface area contributed by atoms with E-state index in [0.29, 0.717) is 5.75 Å². The topological polar surface area (TPSA) is 54.4 Å². The molecule has 2 N–H and O–H groups in total. The zero-order valence-corrected chi connectivity index (χ0v) is 10.9. The van der Waals surface area contributed by atoms with Gasteiger partial charge < -0.3 is 15.2 Å². The van der Waals surface area contributed by atoms with Crippen LogP contribution in [0.3, 0.4) is 0 Å². The van der Waals surface area contributed by atoms with Crippen molar-refractivity contribution in [1.82, 2.24) is 10.3 Å². The van der Waals surface area contributed by atoms with Crippen molar-refractivity contribution in [1.29, 1.82) is 0 Å². The molecule has 0 amide bonds. The van der Waals surface area contributed by atoms with E-state index in [9.17, 15) is 5.11 Å². The van der Waals surface area contributed by atoms with Gasteiger partial charge in [0.25, 0.3) is 0 Å². The first-order chi connectivity index (χ1) is 8.78. The Morgan fingerprint density at radius 3 is 3.11 bits per heavy atom. The van der Waals surface area contributed by atoms with Crippen LogP contribution in [-0.2, 0) is 13.0 Å². The van der Waals surface area contributed by atoms with E-state index in [1.807, 2.05) is 12.1 Å². The number of benzene rings is 1. The minimum absolute atomic E-state index is 0.157. The zero-order chi connectivity index (χ0) is 12.5. The van der Waals surface area contributed by atoms with E-state index in [-0.39, 0.29) is 5.75 Å². The predicted octanol–water partition coefficient (Wildman–Crippen LogP) is 2.17.